The third-order valence-electron chi connectivity index (χ3n) is 12.3. The fraction of sp³-hybridized carbons (Fsp3) is 0.442. The molecule has 2 N–H and O–H groups in total. The number of carbonyl (C=O) groups is 2. The van der Waals surface area contributed by atoms with Crippen molar-refractivity contribution in [2.45, 2.75) is 94.8 Å². The molecule has 1 unspecified atom stereocenters. The number of nitrogens with zero attached hydrogens (tertiary/aromatic N) is 6. The Hall–Kier alpha value is -6.00. The summed E-state index contributed by atoms with van der Waals surface area (Å²) in [7, 11) is 0. The summed E-state index contributed by atoms with van der Waals surface area (Å²) in [5.74, 6) is 3.78. The Balaban J connectivity index is 0.830. The molecule has 0 spiro atoms. The molecule has 2 aromatic heterocycles. The Bertz CT molecular complexity index is 2330. The maximum Gasteiger partial charge on any atom is 0.322 e. The molecule has 306 valence electrons. The second-order valence-corrected chi connectivity index (χ2v) is 15.9. The minimum absolute atomic E-state index is 0.0506. The summed E-state index contributed by atoms with van der Waals surface area (Å²) in [6.07, 6.45) is 7.57. The van der Waals surface area contributed by atoms with Gasteiger partial charge in [-0.25, -0.2) is 0 Å². The van der Waals surface area contributed by atoms with Gasteiger partial charge in [0.2, 0.25) is 37.2 Å². The van der Waals surface area contributed by atoms with Crippen LogP contribution in [-0.2, 0) is 29.1 Å². The normalized spacial score (nSPS) is 21.6. The number of ether oxygens (including phenoxy) is 4. The van der Waals surface area contributed by atoms with E-state index < -0.39 is 6.04 Å². The minimum Gasteiger partial charge on any atom is -0.454 e. The first-order valence-corrected chi connectivity index (χ1v) is 20.6. The van der Waals surface area contributed by atoms with Crippen molar-refractivity contribution < 1.29 is 37.4 Å². The maximum atomic E-state index is 14.2. The highest BCUT2D eigenvalue weighted by atomic mass is 16.7. The number of amides is 2. The van der Waals surface area contributed by atoms with Crippen LogP contribution in [-0.4, -0.2) is 80.8 Å². The molecule has 3 fully saturated rings. The third kappa shape index (κ3) is 7.81. The lowest BCUT2D eigenvalue weighted by Gasteiger charge is -2.39. The van der Waals surface area contributed by atoms with Crippen LogP contribution in [0, 0.1) is 0 Å². The van der Waals surface area contributed by atoms with Crippen molar-refractivity contribution in [1.29, 1.82) is 0 Å². The molecule has 2 saturated heterocycles. The van der Waals surface area contributed by atoms with E-state index in [1.807, 2.05) is 48.5 Å². The fourth-order valence-electron chi connectivity index (χ4n) is 9.02. The summed E-state index contributed by atoms with van der Waals surface area (Å²) in [6.45, 7) is 2.87. The third-order valence-corrected chi connectivity index (χ3v) is 12.3. The van der Waals surface area contributed by atoms with Gasteiger partial charge in [-0.3, -0.25) is 30.0 Å². The Kier molecular flexibility index (Phi) is 10.3. The topological polar surface area (TPSA) is 179 Å². The highest BCUT2D eigenvalue weighted by molar-refractivity contribution is 5.93. The average Bonchev–Trinajstić information content (AvgIpc) is 4.07. The van der Waals surface area contributed by atoms with Crippen LogP contribution in [0.2, 0.25) is 0 Å². The summed E-state index contributed by atoms with van der Waals surface area (Å²) in [6, 6.07) is 19.2. The number of fused-ring (bicyclic) bond motifs is 2. The van der Waals surface area contributed by atoms with Gasteiger partial charge in [-0.2, -0.15) is 0 Å². The Morgan fingerprint density at radius 1 is 0.610 bits per heavy atom. The van der Waals surface area contributed by atoms with E-state index in [1.54, 1.807) is 0 Å². The van der Waals surface area contributed by atoms with Crippen LogP contribution in [0.25, 0.3) is 0 Å². The minimum atomic E-state index is -0.507. The molecule has 5 aliphatic rings. The molecule has 1 saturated carbocycles. The Morgan fingerprint density at radius 2 is 1.27 bits per heavy atom. The van der Waals surface area contributed by atoms with Crippen LogP contribution >= 0.6 is 0 Å². The number of likely N-dealkylation sites (tertiary alicyclic amines) is 2. The number of para-hydroxylation sites is 2. The van der Waals surface area contributed by atoms with Crippen molar-refractivity contribution in [3.8, 4) is 23.0 Å². The fourth-order valence-corrected chi connectivity index (χ4v) is 9.02. The van der Waals surface area contributed by atoms with E-state index in [1.165, 1.54) is 0 Å². The molecule has 6 heterocycles. The standard InChI is InChI=1S/C43H46N8O8/c52-39(32-14-3-4-18-50(32)22-29-11-6-15-34-37(29)56-24-54-34)44-42-48-46-36(58-42)21-27-8-1-2-13-31(27)28-17-19-51(23-30-12-7-16-35-38(30)57-25-55-35)33(20-28)40(53)45-43-49-47-41(59-43)26-9-5-10-26/h1-2,6-8,11-13,15-16,26,28,32-33H,3-5,9-10,14,17-25H2,(H,44,48,52)(H,45,49,53)/t28?,32-,33-/m1/s1. The smallest absolute Gasteiger partial charge is 0.322 e. The predicted octanol–water partition coefficient (Wildman–Crippen LogP) is 6.15. The first-order valence-electron chi connectivity index (χ1n) is 20.6. The number of carbonyl (C=O) groups excluding carboxylic acids is 2. The van der Waals surface area contributed by atoms with Crippen LogP contribution in [0.15, 0.2) is 69.5 Å². The van der Waals surface area contributed by atoms with Gasteiger partial charge in [0.05, 0.1) is 18.5 Å². The van der Waals surface area contributed by atoms with Gasteiger partial charge in [0, 0.05) is 30.1 Å². The van der Waals surface area contributed by atoms with Crippen LogP contribution in [0.1, 0.15) is 97.2 Å². The number of hydrogen-bond acceptors (Lipinski definition) is 14. The summed E-state index contributed by atoms with van der Waals surface area (Å²) in [5, 5.41) is 22.8. The largest absolute Gasteiger partial charge is 0.454 e. The molecule has 16 nitrogen and oxygen atoms in total. The van der Waals surface area contributed by atoms with E-state index in [9.17, 15) is 9.59 Å². The van der Waals surface area contributed by atoms with Crippen LogP contribution < -0.4 is 29.6 Å². The van der Waals surface area contributed by atoms with Gasteiger partial charge in [0.25, 0.3) is 0 Å². The van der Waals surface area contributed by atoms with E-state index >= 15 is 0 Å². The van der Waals surface area contributed by atoms with Crippen molar-refractivity contribution in [2.24, 2.45) is 0 Å². The predicted molar refractivity (Wildman–Crippen MR) is 211 cm³/mol. The van der Waals surface area contributed by atoms with Gasteiger partial charge in [-0.05, 0) is 80.8 Å². The summed E-state index contributed by atoms with van der Waals surface area (Å²) >= 11 is 0. The molecule has 0 radical (unpaired) electrons. The van der Waals surface area contributed by atoms with Crippen LogP contribution in [0.3, 0.4) is 0 Å². The van der Waals surface area contributed by atoms with E-state index in [4.69, 9.17) is 27.8 Å². The van der Waals surface area contributed by atoms with Gasteiger partial charge in [-0.15, -0.1) is 10.2 Å². The number of benzene rings is 3. The van der Waals surface area contributed by atoms with Crippen molar-refractivity contribution in [3.05, 3.63) is 94.7 Å². The monoisotopic (exact) mass is 802 g/mol. The van der Waals surface area contributed by atoms with Crippen molar-refractivity contribution in [1.82, 2.24) is 30.2 Å². The van der Waals surface area contributed by atoms with Gasteiger partial charge >= 0.3 is 12.0 Å². The molecule has 10 rings (SSSR count). The highest BCUT2D eigenvalue weighted by Gasteiger charge is 2.37. The first kappa shape index (κ1) is 37.3. The lowest BCUT2D eigenvalue weighted by molar-refractivity contribution is -0.123. The lowest BCUT2D eigenvalue weighted by atomic mass is 9.82. The molecule has 0 bridgehead atoms. The zero-order valence-electron chi connectivity index (χ0n) is 32.6. The van der Waals surface area contributed by atoms with Crippen LogP contribution in [0.4, 0.5) is 12.0 Å². The van der Waals surface area contributed by atoms with Gasteiger partial charge in [0.15, 0.2) is 23.0 Å². The molecule has 5 aromatic rings. The van der Waals surface area contributed by atoms with E-state index in [0.29, 0.717) is 55.8 Å². The van der Waals surface area contributed by atoms with Crippen molar-refractivity contribution in [2.75, 3.05) is 37.3 Å². The molecule has 1 aliphatic carbocycles. The SMILES string of the molecule is O=C(Nc1nnc(Cc2ccccc2C2CCN(Cc3cccc4c3OCO4)[C@@H](C(=O)Nc3nnc(C4CCC4)o3)C2)o1)[C@H]1CCCCN1Cc1cccc2c1OCO2. The molecule has 2 amide bonds. The lowest BCUT2D eigenvalue weighted by Crippen LogP contribution is -2.48. The molecule has 16 heteroatoms. The van der Waals surface area contributed by atoms with Gasteiger partial charge < -0.3 is 27.8 Å². The second-order valence-electron chi connectivity index (χ2n) is 15.9. The zero-order valence-corrected chi connectivity index (χ0v) is 32.6. The van der Waals surface area contributed by atoms with E-state index in [0.717, 1.165) is 85.2 Å². The molecular formula is C43H46N8O8. The Morgan fingerprint density at radius 3 is 2.00 bits per heavy atom. The number of aromatic nitrogens is 4. The molecular weight excluding hydrogens is 757 g/mol. The van der Waals surface area contributed by atoms with Gasteiger partial charge in [0.1, 0.15) is 0 Å². The summed E-state index contributed by atoms with van der Waals surface area (Å²) in [5.41, 5.74) is 4.07. The van der Waals surface area contributed by atoms with E-state index in [2.05, 4.69) is 53.0 Å². The number of anilines is 2. The summed E-state index contributed by atoms with van der Waals surface area (Å²) in [4.78, 5) is 32.2. The first-order chi connectivity index (χ1) is 29.0. The molecule has 4 aliphatic heterocycles. The van der Waals surface area contributed by atoms with Crippen LogP contribution in [0.5, 0.6) is 23.0 Å². The van der Waals surface area contributed by atoms with E-state index in [-0.39, 0.29) is 55.3 Å². The molecule has 3 atom stereocenters. The van der Waals surface area contributed by atoms with Gasteiger partial charge in [-0.1, -0.05) is 71.6 Å². The number of hydrogen-bond donors (Lipinski definition) is 2. The zero-order chi connectivity index (χ0) is 39.7. The number of piperidine rings is 2. The van der Waals surface area contributed by atoms with Crippen molar-refractivity contribution in [3.63, 3.8) is 0 Å². The number of nitrogens with one attached hydrogen (secondary N) is 2. The summed E-state index contributed by atoms with van der Waals surface area (Å²) < 4.78 is 34.7. The Labute approximate surface area is 340 Å². The maximum absolute atomic E-state index is 14.2. The average molecular weight is 803 g/mol. The highest BCUT2D eigenvalue weighted by Crippen LogP contribution is 2.41. The van der Waals surface area contributed by atoms with Crippen molar-refractivity contribution >= 4 is 23.8 Å². The quantitative estimate of drug-likeness (QED) is 0.147. The second kappa shape index (κ2) is 16.3. The number of rotatable bonds is 12. The molecule has 3 aromatic carbocycles. The molecule has 59 heavy (non-hydrogen) atoms.